The molecule has 35 heavy (non-hydrogen) atoms. The first kappa shape index (κ1) is 22.4. The Hall–Kier alpha value is -1.79. The molecule has 6 bridgehead atoms. The van der Waals surface area contributed by atoms with Crippen LogP contribution in [-0.2, 0) is 4.74 Å². The van der Waals surface area contributed by atoms with E-state index in [0.29, 0.717) is 42.0 Å². The van der Waals surface area contributed by atoms with E-state index in [0.717, 1.165) is 70.9 Å². The third-order valence-electron chi connectivity index (χ3n) is 10.4. The molecule has 7 fully saturated rings. The van der Waals surface area contributed by atoms with Crippen molar-refractivity contribution in [1.29, 1.82) is 0 Å². The van der Waals surface area contributed by atoms with Gasteiger partial charge in [0, 0.05) is 36.9 Å². The Balaban J connectivity index is 0.928. The van der Waals surface area contributed by atoms with Crippen molar-refractivity contribution in [3.05, 3.63) is 30.3 Å². The Kier molecular flexibility index (Phi) is 5.54. The number of anilines is 1. The van der Waals surface area contributed by atoms with E-state index in [-0.39, 0.29) is 12.1 Å². The number of piperidine rings is 2. The number of benzene rings is 1. The van der Waals surface area contributed by atoms with Gasteiger partial charge in [-0.2, -0.15) is 0 Å². The highest BCUT2D eigenvalue weighted by Crippen LogP contribution is 2.55. The average molecular weight is 480 g/mol. The number of amides is 2. The van der Waals surface area contributed by atoms with Crippen LogP contribution in [0.3, 0.4) is 0 Å². The molecule has 1 aromatic rings. The van der Waals surface area contributed by atoms with Crippen LogP contribution in [0.25, 0.3) is 0 Å². The van der Waals surface area contributed by atoms with Crippen molar-refractivity contribution in [2.24, 2.45) is 17.8 Å². The third-order valence-corrected chi connectivity index (χ3v) is 10.4. The normalized spacial score (nSPS) is 42.5. The number of ether oxygens (including phenoxy) is 1. The second-order valence-corrected chi connectivity index (χ2v) is 12.7. The van der Waals surface area contributed by atoms with Gasteiger partial charge in [-0.25, -0.2) is 4.79 Å². The summed E-state index contributed by atoms with van der Waals surface area (Å²) >= 11 is 0. The van der Waals surface area contributed by atoms with Crippen LogP contribution in [-0.4, -0.2) is 65.1 Å². The number of nitrogens with zero attached hydrogens (tertiary/aromatic N) is 2. The molecule has 2 N–H and O–H groups in total. The molecule has 6 nitrogen and oxygen atoms in total. The molecule has 1 aromatic carbocycles. The third kappa shape index (κ3) is 4.15. The van der Waals surface area contributed by atoms with Gasteiger partial charge in [0.05, 0.1) is 17.8 Å². The topological polar surface area (TPSA) is 65.0 Å². The zero-order valence-corrected chi connectivity index (χ0v) is 20.9. The average Bonchev–Trinajstić information content (AvgIpc) is 3.12. The van der Waals surface area contributed by atoms with E-state index < -0.39 is 5.60 Å². The largest absolute Gasteiger partial charge is 0.390 e. The predicted octanol–water partition coefficient (Wildman–Crippen LogP) is 4.32. The lowest BCUT2D eigenvalue weighted by atomic mass is 9.52. The maximum Gasteiger partial charge on any atom is 0.318 e. The van der Waals surface area contributed by atoms with E-state index in [9.17, 15) is 9.90 Å². The van der Waals surface area contributed by atoms with Gasteiger partial charge in [0.25, 0.3) is 0 Å². The minimum Gasteiger partial charge on any atom is -0.390 e. The van der Waals surface area contributed by atoms with Crippen LogP contribution >= 0.6 is 0 Å². The van der Waals surface area contributed by atoms with Crippen molar-refractivity contribution in [2.45, 2.75) is 107 Å². The van der Waals surface area contributed by atoms with Crippen molar-refractivity contribution in [2.75, 3.05) is 18.0 Å². The number of rotatable bonds is 4. The number of hydrogen-bond acceptors (Lipinski definition) is 4. The molecule has 0 radical (unpaired) electrons. The van der Waals surface area contributed by atoms with Crippen LogP contribution in [0.4, 0.5) is 10.5 Å². The molecule has 2 amide bonds. The Morgan fingerprint density at radius 3 is 2.17 bits per heavy atom. The van der Waals surface area contributed by atoms with Crippen LogP contribution in [0.1, 0.15) is 70.6 Å². The first-order chi connectivity index (χ1) is 17.0. The highest BCUT2D eigenvalue weighted by Gasteiger charge is 2.55. The summed E-state index contributed by atoms with van der Waals surface area (Å²) in [4.78, 5) is 18.2. The van der Waals surface area contributed by atoms with Crippen molar-refractivity contribution >= 4 is 11.7 Å². The summed E-state index contributed by atoms with van der Waals surface area (Å²) in [5, 5.41) is 14.4. The quantitative estimate of drug-likeness (QED) is 0.675. The van der Waals surface area contributed by atoms with Crippen LogP contribution in [0.15, 0.2) is 30.3 Å². The molecule has 8 rings (SSSR count). The Labute approximate surface area is 209 Å². The first-order valence-electron chi connectivity index (χ1n) is 14.3. The fourth-order valence-corrected chi connectivity index (χ4v) is 9.17. The van der Waals surface area contributed by atoms with E-state index in [1.54, 1.807) is 0 Å². The van der Waals surface area contributed by atoms with Gasteiger partial charge in [0.2, 0.25) is 0 Å². The van der Waals surface area contributed by atoms with Crippen molar-refractivity contribution in [3.63, 3.8) is 0 Å². The zero-order valence-electron chi connectivity index (χ0n) is 20.9. The highest BCUT2D eigenvalue weighted by molar-refractivity contribution is 5.76. The Morgan fingerprint density at radius 1 is 0.886 bits per heavy atom. The van der Waals surface area contributed by atoms with Gasteiger partial charge in [-0.15, -0.1) is 0 Å². The van der Waals surface area contributed by atoms with Gasteiger partial charge in [0.15, 0.2) is 0 Å². The van der Waals surface area contributed by atoms with Gasteiger partial charge in [-0.1, -0.05) is 18.2 Å². The second kappa shape index (κ2) is 8.65. The smallest absolute Gasteiger partial charge is 0.318 e. The lowest BCUT2D eigenvalue weighted by molar-refractivity contribution is -0.137. The summed E-state index contributed by atoms with van der Waals surface area (Å²) in [5.41, 5.74) is 0.876. The second-order valence-electron chi connectivity index (χ2n) is 12.7. The van der Waals surface area contributed by atoms with Gasteiger partial charge in [0.1, 0.15) is 0 Å². The summed E-state index contributed by atoms with van der Waals surface area (Å²) in [7, 11) is 0. The van der Waals surface area contributed by atoms with E-state index in [4.69, 9.17) is 4.74 Å². The van der Waals surface area contributed by atoms with Crippen molar-refractivity contribution in [3.8, 4) is 0 Å². The fraction of sp³-hybridized carbons (Fsp3) is 0.759. The SMILES string of the molecule is O=C(N[C@H]1C2CC3CC1C[C@](O)(C3)C2)N1[C@@H]2CC[C@H]1C[C@@H](OC1CCN(c3ccccc3)CC1)C2. The van der Waals surface area contributed by atoms with Crippen LogP contribution in [0, 0.1) is 17.8 Å². The maximum absolute atomic E-state index is 13.5. The number of carbonyl (C=O) groups is 1. The Morgan fingerprint density at radius 2 is 1.54 bits per heavy atom. The predicted molar refractivity (Wildman–Crippen MR) is 135 cm³/mol. The zero-order chi connectivity index (χ0) is 23.6. The lowest BCUT2D eigenvalue weighted by Gasteiger charge is -2.58. The summed E-state index contributed by atoms with van der Waals surface area (Å²) in [6, 6.07) is 11.8. The molecule has 3 heterocycles. The molecule has 0 aromatic heterocycles. The molecule has 6 heteroatoms. The van der Waals surface area contributed by atoms with Gasteiger partial charge < -0.3 is 25.0 Å². The van der Waals surface area contributed by atoms with Crippen molar-refractivity contribution < 1.29 is 14.6 Å². The molecule has 4 saturated carbocycles. The molecule has 4 aliphatic carbocycles. The number of nitrogens with one attached hydrogen (secondary N) is 1. The molecule has 2 unspecified atom stereocenters. The van der Waals surface area contributed by atoms with Crippen LogP contribution < -0.4 is 10.2 Å². The summed E-state index contributed by atoms with van der Waals surface area (Å²) in [6.07, 6.45) is 12.2. The molecule has 0 spiro atoms. The van der Waals surface area contributed by atoms with Crippen LogP contribution in [0.5, 0.6) is 0 Å². The lowest BCUT2D eigenvalue weighted by Crippen LogP contribution is -2.64. The number of hydrogen-bond donors (Lipinski definition) is 2. The minimum atomic E-state index is -0.441. The molecule has 3 saturated heterocycles. The van der Waals surface area contributed by atoms with Gasteiger partial charge >= 0.3 is 6.03 Å². The molecule has 5 atom stereocenters. The minimum absolute atomic E-state index is 0.164. The first-order valence-corrected chi connectivity index (χ1v) is 14.3. The Bertz CT molecular complexity index is 902. The molecule has 7 aliphatic rings. The molecule has 190 valence electrons. The molecular formula is C29H41N3O3. The number of aliphatic hydroxyl groups is 1. The molecular weight excluding hydrogens is 438 g/mol. The van der Waals surface area contributed by atoms with Crippen LogP contribution in [0.2, 0.25) is 0 Å². The summed E-state index contributed by atoms with van der Waals surface area (Å²) < 4.78 is 6.65. The summed E-state index contributed by atoms with van der Waals surface area (Å²) in [6.45, 7) is 2.12. The number of fused-ring (bicyclic) bond motifs is 2. The number of carbonyl (C=O) groups excluding carboxylic acids is 1. The fourth-order valence-electron chi connectivity index (χ4n) is 9.17. The summed E-state index contributed by atoms with van der Waals surface area (Å²) in [5.74, 6) is 1.61. The highest BCUT2D eigenvalue weighted by atomic mass is 16.5. The van der Waals surface area contributed by atoms with Gasteiger partial charge in [-0.3, -0.25) is 0 Å². The standard InChI is InChI=1S/C29H41N3O3/c33-28(30-27-20-12-19-13-21(27)18-29(34,16-19)17-20)32-23-6-7-24(32)15-26(14-23)35-25-8-10-31(11-9-25)22-4-2-1-3-5-22/h1-5,19-21,23-27,34H,6-18H2,(H,30,33)/t19?,20?,21?,23-,24+,26+,27-,29-. The monoisotopic (exact) mass is 479 g/mol. The maximum atomic E-state index is 13.5. The van der Waals surface area contributed by atoms with Crippen molar-refractivity contribution in [1.82, 2.24) is 10.2 Å². The van der Waals surface area contributed by atoms with Gasteiger partial charge in [-0.05, 0) is 101 Å². The van der Waals surface area contributed by atoms with E-state index in [2.05, 4.69) is 45.4 Å². The number of urea groups is 1. The van der Waals surface area contributed by atoms with E-state index in [1.165, 1.54) is 18.5 Å². The molecule has 3 aliphatic heterocycles. The van der Waals surface area contributed by atoms with E-state index in [1.807, 2.05) is 0 Å². The number of para-hydroxylation sites is 1. The van der Waals surface area contributed by atoms with E-state index >= 15 is 0 Å².